The lowest BCUT2D eigenvalue weighted by Gasteiger charge is -2.19. The number of hydrogen-bond donors (Lipinski definition) is 1. The number of carbonyl (C=O) groups excluding carboxylic acids is 1. The minimum Gasteiger partial charge on any atom is -0.347 e. The minimum absolute atomic E-state index is 0.000563. The summed E-state index contributed by atoms with van der Waals surface area (Å²) in [7, 11) is 0. The van der Waals surface area contributed by atoms with Crippen molar-refractivity contribution in [2.24, 2.45) is 5.92 Å². The Morgan fingerprint density at radius 2 is 1.90 bits per heavy atom. The number of rotatable bonds is 7. The first kappa shape index (κ1) is 21.6. The number of amides is 1. The van der Waals surface area contributed by atoms with Crippen LogP contribution in [0.5, 0.6) is 0 Å². The summed E-state index contributed by atoms with van der Waals surface area (Å²) in [4.78, 5) is 16.0. The van der Waals surface area contributed by atoms with Crippen LogP contribution in [0.3, 0.4) is 0 Å². The summed E-state index contributed by atoms with van der Waals surface area (Å²) in [6.45, 7) is 11.7. The fourth-order valence-corrected chi connectivity index (χ4v) is 4.61. The van der Waals surface area contributed by atoms with Crippen LogP contribution in [0.1, 0.15) is 80.5 Å². The van der Waals surface area contributed by atoms with Gasteiger partial charge in [-0.05, 0) is 57.1 Å². The van der Waals surface area contributed by atoms with E-state index < -0.39 is 0 Å². The molecule has 0 unspecified atom stereocenters. The second kappa shape index (κ2) is 8.84. The molecule has 31 heavy (non-hydrogen) atoms. The highest BCUT2D eigenvalue weighted by molar-refractivity contribution is 5.96. The van der Waals surface area contributed by atoms with Crippen molar-refractivity contribution < 1.29 is 4.79 Å². The summed E-state index contributed by atoms with van der Waals surface area (Å²) >= 11 is 0. The number of hydrogen-bond acceptors (Lipinski definition) is 4. The van der Waals surface area contributed by atoms with Crippen LogP contribution in [0.25, 0.3) is 11.3 Å². The predicted molar refractivity (Wildman–Crippen MR) is 122 cm³/mol. The number of benzene rings is 1. The molecule has 0 radical (unpaired) electrons. The van der Waals surface area contributed by atoms with E-state index in [2.05, 4.69) is 44.0 Å². The Labute approximate surface area is 185 Å². The van der Waals surface area contributed by atoms with Gasteiger partial charge in [0.15, 0.2) is 0 Å². The van der Waals surface area contributed by atoms with Crippen molar-refractivity contribution in [1.29, 1.82) is 5.26 Å². The van der Waals surface area contributed by atoms with Gasteiger partial charge in [0.25, 0.3) is 5.91 Å². The zero-order valence-corrected chi connectivity index (χ0v) is 19.1. The molecule has 1 aliphatic carbocycles. The standard InChI is InChI=1S/C25H33N5O/c1-16(2)14-29-12-11-21(15-29)27-25(31)24-22(19-9-10-19)23(28-30(24)17(3)4)20-7-5-18(13-26)6-8-20/h5-8,16-17,19,21H,9-12,14-15H2,1-4H3,(H,27,31)/t21-/m1/s1. The van der Waals surface area contributed by atoms with Crippen molar-refractivity contribution in [1.82, 2.24) is 20.0 Å². The van der Waals surface area contributed by atoms with Crippen molar-refractivity contribution >= 4 is 5.91 Å². The highest BCUT2D eigenvalue weighted by atomic mass is 16.2. The van der Waals surface area contributed by atoms with E-state index in [4.69, 9.17) is 10.4 Å². The fraction of sp³-hybridized carbons (Fsp3) is 0.560. The van der Waals surface area contributed by atoms with E-state index >= 15 is 0 Å². The molecule has 0 bridgehead atoms. The molecule has 6 nitrogen and oxygen atoms in total. The van der Waals surface area contributed by atoms with Crippen molar-refractivity contribution in [3.05, 3.63) is 41.1 Å². The number of nitrogens with zero attached hydrogens (tertiary/aromatic N) is 4. The molecule has 164 valence electrons. The summed E-state index contributed by atoms with van der Waals surface area (Å²) in [5, 5.41) is 17.3. The molecule has 1 N–H and O–H groups in total. The Balaban J connectivity index is 1.64. The van der Waals surface area contributed by atoms with Gasteiger partial charge in [-0.25, -0.2) is 0 Å². The number of likely N-dealkylation sites (tertiary alicyclic amines) is 1. The van der Waals surface area contributed by atoms with E-state index in [1.165, 1.54) is 0 Å². The van der Waals surface area contributed by atoms with Crippen molar-refractivity contribution in [3.8, 4) is 17.3 Å². The Morgan fingerprint density at radius 1 is 1.19 bits per heavy atom. The summed E-state index contributed by atoms with van der Waals surface area (Å²) < 4.78 is 1.90. The molecule has 1 aromatic carbocycles. The molecule has 2 aliphatic rings. The average molecular weight is 420 g/mol. The summed E-state index contributed by atoms with van der Waals surface area (Å²) in [6, 6.07) is 9.98. The monoisotopic (exact) mass is 419 g/mol. The van der Waals surface area contributed by atoms with Gasteiger partial charge in [0, 0.05) is 42.8 Å². The molecule has 0 spiro atoms. The van der Waals surface area contributed by atoms with Crippen LogP contribution >= 0.6 is 0 Å². The molecular weight excluding hydrogens is 386 g/mol. The maximum absolute atomic E-state index is 13.5. The van der Waals surface area contributed by atoms with E-state index in [0.717, 1.165) is 61.4 Å². The van der Waals surface area contributed by atoms with Crippen LogP contribution in [-0.4, -0.2) is 46.3 Å². The number of nitriles is 1. The predicted octanol–water partition coefficient (Wildman–Crippen LogP) is 4.34. The molecule has 4 rings (SSSR count). The maximum atomic E-state index is 13.5. The lowest BCUT2D eigenvalue weighted by molar-refractivity contribution is 0.0923. The third kappa shape index (κ3) is 4.67. The smallest absolute Gasteiger partial charge is 0.270 e. The van der Waals surface area contributed by atoms with Gasteiger partial charge in [0.2, 0.25) is 0 Å². The summed E-state index contributed by atoms with van der Waals surface area (Å²) in [5.74, 6) is 1.02. The highest BCUT2D eigenvalue weighted by Crippen LogP contribution is 2.46. The second-order valence-corrected chi connectivity index (χ2v) is 9.73. The highest BCUT2D eigenvalue weighted by Gasteiger charge is 2.37. The van der Waals surface area contributed by atoms with Gasteiger partial charge in [-0.15, -0.1) is 0 Å². The average Bonchev–Trinajstić information content (AvgIpc) is 3.35. The largest absolute Gasteiger partial charge is 0.347 e. The topological polar surface area (TPSA) is 74.0 Å². The van der Waals surface area contributed by atoms with Crippen LogP contribution < -0.4 is 5.32 Å². The quantitative estimate of drug-likeness (QED) is 0.724. The molecule has 6 heteroatoms. The van der Waals surface area contributed by atoms with Gasteiger partial charge < -0.3 is 10.2 Å². The Bertz CT molecular complexity index is 979. The third-order valence-electron chi connectivity index (χ3n) is 6.16. The molecule has 2 aromatic rings. The van der Waals surface area contributed by atoms with E-state index in [1.54, 1.807) is 0 Å². The van der Waals surface area contributed by atoms with Crippen LogP contribution in [0.15, 0.2) is 24.3 Å². The SMILES string of the molecule is CC(C)CN1CC[C@@H](NC(=O)c2c(C3CC3)c(-c3ccc(C#N)cc3)nn2C(C)C)C1. The molecular formula is C25H33N5O. The molecule has 2 fully saturated rings. The second-order valence-electron chi connectivity index (χ2n) is 9.73. The zero-order valence-electron chi connectivity index (χ0n) is 19.1. The number of carbonyl (C=O) groups is 1. The van der Waals surface area contributed by atoms with Gasteiger partial charge in [0.1, 0.15) is 5.69 Å². The number of aromatic nitrogens is 2. The van der Waals surface area contributed by atoms with Crippen molar-refractivity contribution in [3.63, 3.8) is 0 Å². The van der Waals surface area contributed by atoms with Crippen LogP contribution in [0.2, 0.25) is 0 Å². The minimum atomic E-state index is -0.000563. The summed E-state index contributed by atoms with van der Waals surface area (Å²) in [5.41, 5.74) is 4.29. The fourth-order valence-electron chi connectivity index (χ4n) is 4.61. The lowest BCUT2D eigenvalue weighted by Crippen LogP contribution is -2.39. The molecule has 1 saturated heterocycles. The van der Waals surface area contributed by atoms with E-state index in [9.17, 15) is 4.79 Å². The molecule has 1 amide bonds. The molecule has 1 aliphatic heterocycles. The molecule has 2 heterocycles. The van der Waals surface area contributed by atoms with Crippen LogP contribution in [0, 0.1) is 17.2 Å². The van der Waals surface area contributed by atoms with Crippen LogP contribution in [0.4, 0.5) is 0 Å². The normalized spacial score (nSPS) is 19.2. The van der Waals surface area contributed by atoms with E-state index in [1.807, 2.05) is 28.9 Å². The van der Waals surface area contributed by atoms with Crippen molar-refractivity contribution in [2.75, 3.05) is 19.6 Å². The Hall–Kier alpha value is -2.65. The first-order valence-electron chi connectivity index (χ1n) is 11.5. The Morgan fingerprint density at radius 3 is 2.48 bits per heavy atom. The van der Waals surface area contributed by atoms with Gasteiger partial charge in [-0.1, -0.05) is 26.0 Å². The zero-order chi connectivity index (χ0) is 22.1. The maximum Gasteiger partial charge on any atom is 0.270 e. The van der Waals surface area contributed by atoms with Gasteiger partial charge in [-0.2, -0.15) is 10.4 Å². The van der Waals surface area contributed by atoms with E-state index in [0.29, 0.717) is 17.4 Å². The first-order valence-corrected chi connectivity index (χ1v) is 11.5. The van der Waals surface area contributed by atoms with Gasteiger partial charge in [-0.3, -0.25) is 9.48 Å². The van der Waals surface area contributed by atoms with E-state index in [-0.39, 0.29) is 18.0 Å². The van der Waals surface area contributed by atoms with Crippen molar-refractivity contribution in [2.45, 2.75) is 65.0 Å². The lowest BCUT2D eigenvalue weighted by atomic mass is 10.0. The third-order valence-corrected chi connectivity index (χ3v) is 6.16. The van der Waals surface area contributed by atoms with Crippen LogP contribution in [-0.2, 0) is 0 Å². The molecule has 1 saturated carbocycles. The molecule has 1 aromatic heterocycles. The first-order chi connectivity index (χ1) is 14.9. The Kier molecular flexibility index (Phi) is 6.15. The summed E-state index contributed by atoms with van der Waals surface area (Å²) in [6.07, 6.45) is 3.19. The number of nitrogens with one attached hydrogen (secondary N) is 1. The molecule has 1 atom stereocenters. The van der Waals surface area contributed by atoms with Gasteiger partial charge >= 0.3 is 0 Å². The van der Waals surface area contributed by atoms with Gasteiger partial charge in [0.05, 0.1) is 17.3 Å².